The molecule has 1 aliphatic rings. The second-order valence-electron chi connectivity index (χ2n) is 5.90. The van der Waals surface area contributed by atoms with Gasteiger partial charge in [0.1, 0.15) is 0 Å². The lowest BCUT2D eigenvalue weighted by atomic mass is 9.95. The van der Waals surface area contributed by atoms with Gasteiger partial charge in [-0.25, -0.2) is 4.79 Å². The molecular formula is C19H20N2O3. The summed E-state index contributed by atoms with van der Waals surface area (Å²) in [6.45, 7) is 1.35. The second kappa shape index (κ2) is 7.17. The van der Waals surface area contributed by atoms with E-state index in [0.29, 0.717) is 13.1 Å². The molecule has 3 rings (SSSR count). The number of rotatable bonds is 4. The first kappa shape index (κ1) is 16.1. The maximum absolute atomic E-state index is 12.2. The predicted octanol–water partition coefficient (Wildman–Crippen LogP) is 2.90. The van der Waals surface area contributed by atoms with Gasteiger partial charge in [0.2, 0.25) is 0 Å². The number of carbonyl (C=O) groups is 2. The van der Waals surface area contributed by atoms with E-state index >= 15 is 0 Å². The molecule has 2 N–H and O–H groups in total. The number of amides is 2. The molecule has 1 aliphatic heterocycles. The van der Waals surface area contributed by atoms with Crippen LogP contribution >= 0.6 is 0 Å². The van der Waals surface area contributed by atoms with Crippen molar-refractivity contribution in [3.05, 3.63) is 59.7 Å². The molecule has 0 aromatic heterocycles. The number of aliphatic carboxylic acids is 1. The zero-order valence-electron chi connectivity index (χ0n) is 13.4. The molecule has 0 bridgehead atoms. The van der Waals surface area contributed by atoms with Gasteiger partial charge in [0.25, 0.3) is 0 Å². The summed E-state index contributed by atoms with van der Waals surface area (Å²) in [6, 6.07) is 16.4. The first-order valence-electron chi connectivity index (χ1n) is 8.05. The summed E-state index contributed by atoms with van der Waals surface area (Å²) in [5.41, 5.74) is 4.71. The number of hydrogen-bond donors (Lipinski definition) is 2. The summed E-state index contributed by atoms with van der Waals surface area (Å²) >= 11 is 0. The summed E-state index contributed by atoms with van der Waals surface area (Å²) in [5, 5.41) is 11.3. The minimum Gasteiger partial charge on any atom is -0.481 e. The number of urea groups is 1. The number of carboxylic acid groups (broad SMARTS) is 1. The van der Waals surface area contributed by atoms with Crippen LogP contribution in [0, 0.1) is 0 Å². The molecule has 0 fully saturated rings. The Morgan fingerprint density at radius 1 is 1.04 bits per heavy atom. The fourth-order valence-corrected chi connectivity index (χ4v) is 2.93. The van der Waals surface area contributed by atoms with Crippen LogP contribution in [-0.4, -0.2) is 35.1 Å². The van der Waals surface area contributed by atoms with Crippen LogP contribution in [0.4, 0.5) is 4.79 Å². The Hall–Kier alpha value is -2.82. The van der Waals surface area contributed by atoms with Crippen molar-refractivity contribution in [2.45, 2.75) is 19.4 Å². The lowest BCUT2D eigenvalue weighted by Crippen LogP contribution is -2.43. The summed E-state index contributed by atoms with van der Waals surface area (Å²) in [6.07, 6.45) is 0.755. The number of carboxylic acids is 1. The van der Waals surface area contributed by atoms with Crippen molar-refractivity contribution >= 4 is 12.0 Å². The Kier molecular flexibility index (Phi) is 4.79. The molecule has 0 aliphatic carbocycles. The maximum atomic E-state index is 12.2. The Morgan fingerprint density at radius 2 is 1.83 bits per heavy atom. The first-order chi connectivity index (χ1) is 11.6. The van der Waals surface area contributed by atoms with Crippen LogP contribution in [0.1, 0.15) is 17.5 Å². The summed E-state index contributed by atoms with van der Waals surface area (Å²) < 4.78 is 0. The molecule has 5 heteroatoms. The van der Waals surface area contributed by atoms with E-state index in [9.17, 15) is 9.59 Å². The zero-order valence-corrected chi connectivity index (χ0v) is 13.4. The number of nitrogens with one attached hydrogen (secondary N) is 1. The van der Waals surface area contributed by atoms with Crippen LogP contribution in [-0.2, 0) is 17.8 Å². The van der Waals surface area contributed by atoms with E-state index < -0.39 is 5.97 Å². The summed E-state index contributed by atoms with van der Waals surface area (Å²) in [7, 11) is 0. The molecule has 0 radical (unpaired) electrons. The van der Waals surface area contributed by atoms with Crippen molar-refractivity contribution in [1.82, 2.24) is 10.2 Å². The van der Waals surface area contributed by atoms with Crippen LogP contribution in [0.25, 0.3) is 11.1 Å². The van der Waals surface area contributed by atoms with Crippen LogP contribution < -0.4 is 5.32 Å². The number of hydrogen-bond acceptors (Lipinski definition) is 2. The second-order valence-corrected chi connectivity index (χ2v) is 5.90. The van der Waals surface area contributed by atoms with E-state index in [1.54, 1.807) is 4.90 Å². The molecule has 0 spiro atoms. The average Bonchev–Trinajstić information content (AvgIpc) is 2.61. The van der Waals surface area contributed by atoms with E-state index in [1.807, 2.05) is 18.2 Å². The summed E-state index contributed by atoms with van der Waals surface area (Å²) in [4.78, 5) is 24.4. The number of nitrogens with zero attached hydrogens (tertiary/aromatic N) is 1. The van der Waals surface area contributed by atoms with Gasteiger partial charge in [0.15, 0.2) is 0 Å². The quantitative estimate of drug-likeness (QED) is 0.908. The van der Waals surface area contributed by atoms with Gasteiger partial charge in [-0.3, -0.25) is 4.79 Å². The minimum absolute atomic E-state index is 0.0612. The minimum atomic E-state index is -0.910. The Bertz CT molecular complexity index is 744. The van der Waals surface area contributed by atoms with E-state index in [-0.39, 0.29) is 19.0 Å². The highest BCUT2D eigenvalue weighted by Gasteiger charge is 2.20. The van der Waals surface area contributed by atoms with Crippen molar-refractivity contribution in [3.63, 3.8) is 0 Å². The van der Waals surface area contributed by atoms with Crippen molar-refractivity contribution < 1.29 is 14.7 Å². The first-order valence-corrected chi connectivity index (χ1v) is 8.05. The van der Waals surface area contributed by atoms with Gasteiger partial charge in [-0.05, 0) is 34.7 Å². The molecule has 0 saturated carbocycles. The van der Waals surface area contributed by atoms with Gasteiger partial charge in [-0.1, -0.05) is 42.5 Å². The van der Waals surface area contributed by atoms with Gasteiger partial charge in [-0.2, -0.15) is 0 Å². The van der Waals surface area contributed by atoms with E-state index in [0.717, 1.165) is 23.1 Å². The predicted molar refractivity (Wildman–Crippen MR) is 91.6 cm³/mol. The van der Waals surface area contributed by atoms with E-state index in [4.69, 9.17) is 5.11 Å². The average molecular weight is 324 g/mol. The highest BCUT2D eigenvalue weighted by molar-refractivity contribution is 5.76. The van der Waals surface area contributed by atoms with E-state index in [2.05, 4.69) is 35.6 Å². The van der Waals surface area contributed by atoms with Crippen LogP contribution in [0.5, 0.6) is 0 Å². The fraction of sp³-hybridized carbons (Fsp3) is 0.263. The molecule has 1 heterocycles. The van der Waals surface area contributed by atoms with Gasteiger partial charge in [-0.15, -0.1) is 0 Å². The maximum Gasteiger partial charge on any atom is 0.317 e. The molecular weight excluding hydrogens is 304 g/mol. The topological polar surface area (TPSA) is 69.6 Å². The molecule has 2 aromatic rings. The third kappa shape index (κ3) is 3.74. The lowest BCUT2D eigenvalue weighted by molar-refractivity contribution is -0.136. The van der Waals surface area contributed by atoms with Crippen molar-refractivity contribution in [2.24, 2.45) is 0 Å². The third-order valence-corrected chi connectivity index (χ3v) is 4.23. The van der Waals surface area contributed by atoms with Crippen LogP contribution in [0.15, 0.2) is 48.5 Å². The SMILES string of the molecule is O=C(O)CCNC(=O)N1CCc2ccc(-c3ccccc3)cc2C1. The summed E-state index contributed by atoms with van der Waals surface area (Å²) in [5.74, 6) is -0.910. The Morgan fingerprint density at radius 3 is 2.58 bits per heavy atom. The van der Waals surface area contributed by atoms with Crippen molar-refractivity contribution in [3.8, 4) is 11.1 Å². The standard InChI is InChI=1S/C19H20N2O3/c22-18(23)8-10-20-19(24)21-11-9-15-6-7-16(12-17(15)13-21)14-4-2-1-3-5-14/h1-7,12H,8-11,13H2,(H,20,24)(H,22,23). The number of fused-ring (bicyclic) bond motifs is 1. The lowest BCUT2D eigenvalue weighted by Gasteiger charge is -2.29. The highest BCUT2D eigenvalue weighted by atomic mass is 16.4. The molecule has 2 aromatic carbocycles. The van der Waals surface area contributed by atoms with Gasteiger partial charge in [0, 0.05) is 19.6 Å². The van der Waals surface area contributed by atoms with Crippen LogP contribution in [0.2, 0.25) is 0 Å². The van der Waals surface area contributed by atoms with Crippen LogP contribution in [0.3, 0.4) is 0 Å². The van der Waals surface area contributed by atoms with Gasteiger partial charge in [0.05, 0.1) is 6.42 Å². The van der Waals surface area contributed by atoms with Crippen molar-refractivity contribution in [1.29, 1.82) is 0 Å². The van der Waals surface area contributed by atoms with E-state index in [1.165, 1.54) is 5.56 Å². The Balaban J connectivity index is 1.70. The highest BCUT2D eigenvalue weighted by Crippen LogP contribution is 2.26. The number of benzene rings is 2. The fourth-order valence-electron chi connectivity index (χ4n) is 2.93. The third-order valence-electron chi connectivity index (χ3n) is 4.23. The number of carbonyl (C=O) groups excluding carboxylic acids is 1. The molecule has 0 unspecified atom stereocenters. The zero-order chi connectivity index (χ0) is 16.9. The molecule has 0 atom stereocenters. The van der Waals surface area contributed by atoms with Crippen molar-refractivity contribution in [2.75, 3.05) is 13.1 Å². The molecule has 24 heavy (non-hydrogen) atoms. The monoisotopic (exact) mass is 324 g/mol. The molecule has 5 nitrogen and oxygen atoms in total. The Labute approximate surface area is 140 Å². The molecule has 2 amide bonds. The largest absolute Gasteiger partial charge is 0.481 e. The normalized spacial score (nSPS) is 13.2. The van der Waals surface area contributed by atoms with Gasteiger partial charge >= 0.3 is 12.0 Å². The van der Waals surface area contributed by atoms with Gasteiger partial charge < -0.3 is 15.3 Å². The smallest absolute Gasteiger partial charge is 0.317 e. The molecule has 124 valence electrons. The molecule has 0 saturated heterocycles.